The van der Waals surface area contributed by atoms with Crippen LogP contribution in [-0.4, -0.2) is 98.7 Å². The zero-order chi connectivity index (χ0) is 35.4. The average molecular weight is 679 g/mol. The first-order valence-electron chi connectivity index (χ1n) is 18.0. The van der Waals surface area contributed by atoms with Crippen LogP contribution in [0.1, 0.15) is 99.3 Å². The van der Waals surface area contributed by atoms with Crippen LogP contribution in [0.5, 0.6) is 0 Å². The molecule has 0 radical (unpaired) electrons. The lowest BCUT2D eigenvalue weighted by molar-refractivity contribution is -0.300. The molecule has 48 heavy (non-hydrogen) atoms. The fourth-order valence-corrected chi connectivity index (χ4v) is 12.3. The number of allylic oxidation sites excluding steroid dienone is 1. The molecule has 4 saturated carbocycles. The number of hydrogen-bond acceptors (Lipinski definition) is 10. The first-order valence-corrected chi connectivity index (χ1v) is 18.0. The number of ether oxygens (including phenoxy) is 3. The van der Waals surface area contributed by atoms with Crippen LogP contribution in [-0.2, 0) is 23.8 Å². The van der Waals surface area contributed by atoms with Crippen molar-refractivity contribution in [3.05, 3.63) is 11.6 Å². The molecule has 6 aliphatic rings. The summed E-state index contributed by atoms with van der Waals surface area (Å²) in [7, 11) is 1.42. The molecule has 1 saturated heterocycles. The quantitative estimate of drug-likeness (QED) is 0.186. The van der Waals surface area contributed by atoms with Crippen molar-refractivity contribution in [2.45, 2.75) is 142 Å². The minimum Gasteiger partial charge on any atom is -0.481 e. The first kappa shape index (κ1) is 36.2. The lowest BCUT2D eigenvalue weighted by atomic mass is 9.33. The molecule has 0 aromatic rings. The van der Waals surface area contributed by atoms with E-state index < -0.39 is 76.5 Å². The van der Waals surface area contributed by atoms with E-state index in [2.05, 4.69) is 26.8 Å². The second-order valence-electron chi connectivity index (χ2n) is 17.6. The minimum absolute atomic E-state index is 0.0751. The van der Waals surface area contributed by atoms with Crippen LogP contribution >= 0.6 is 0 Å². The Kier molecular flexibility index (Phi) is 8.84. The summed E-state index contributed by atoms with van der Waals surface area (Å²) in [4.78, 5) is 27.3. The second-order valence-corrected chi connectivity index (χ2v) is 17.6. The van der Waals surface area contributed by atoms with Gasteiger partial charge in [-0.3, -0.25) is 9.59 Å². The van der Waals surface area contributed by atoms with E-state index in [1.807, 2.05) is 13.8 Å². The van der Waals surface area contributed by atoms with Gasteiger partial charge in [0.2, 0.25) is 6.29 Å². The van der Waals surface area contributed by atoms with Crippen molar-refractivity contribution in [2.24, 2.45) is 50.7 Å². The van der Waals surface area contributed by atoms with Crippen LogP contribution in [0.3, 0.4) is 0 Å². The molecule has 0 aromatic heterocycles. The molecule has 6 N–H and O–H groups in total. The van der Waals surface area contributed by atoms with Crippen LogP contribution in [0.2, 0.25) is 0 Å². The van der Waals surface area contributed by atoms with E-state index >= 15 is 0 Å². The number of aliphatic hydroxyl groups is 5. The van der Waals surface area contributed by atoms with Crippen molar-refractivity contribution in [2.75, 3.05) is 13.7 Å². The number of rotatable bonds is 5. The Morgan fingerprint density at radius 2 is 1.58 bits per heavy atom. The van der Waals surface area contributed by atoms with Gasteiger partial charge in [0.1, 0.15) is 24.4 Å². The van der Waals surface area contributed by atoms with Gasteiger partial charge < -0.3 is 44.8 Å². The smallest absolute Gasteiger partial charge is 0.315 e. The van der Waals surface area contributed by atoms with Gasteiger partial charge in [-0.1, -0.05) is 39.3 Å². The molecule has 1 aliphatic heterocycles. The molecule has 1 heterocycles. The van der Waals surface area contributed by atoms with Crippen molar-refractivity contribution >= 4 is 11.9 Å². The van der Waals surface area contributed by atoms with Gasteiger partial charge in [0.25, 0.3) is 0 Å². The standard InChI is InChI=1S/C37H58O11/c1-19-10-15-37(31(44)48-29-27(41)26(40)25(39)21(47-29)18-46-7)17-16-33(3)20(28(37)36(19,6)45)8-9-22-32(2)13-12-24(38)35(5,30(42)43)23(32)11-14-34(22,33)4/h8,19,21-29,38-41,45H,9-18H2,1-7H3,(H,42,43). The van der Waals surface area contributed by atoms with Gasteiger partial charge in [-0.15, -0.1) is 0 Å². The zero-order valence-electron chi connectivity index (χ0n) is 29.6. The highest BCUT2D eigenvalue weighted by Crippen LogP contribution is 2.76. The van der Waals surface area contributed by atoms with Crippen molar-refractivity contribution in [1.82, 2.24) is 0 Å². The molecule has 0 spiro atoms. The summed E-state index contributed by atoms with van der Waals surface area (Å²) in [5.41, 5.74) is -3.52. The third kappa shape index (κ3) is 4.63. The van der Waals surface area contributed by atoms with E-state index in [4.69, 9.17) is 14.2 Å². The number of fused-ring (bicyclic) bond motifs is 7. The van der Waals surface area contributed by atoms with Crippen LogP contribution in [0.4, 0.5) is 0 Å². The molecule has 16 unspecified atom stereocenters. The van der Waals surface area contributed by atoms with Crippen molar-refractivity contribution in [3.8, 4) is 0 Å². The number of hydrogen-bond donors (Lipinski definition) is 6. The first-order chi connectivity index (χ1) is 22.3. The van der Waals surface area contributed by atoms with Gasteiger partial charge in [-0.2, -0.15) is 0 Å². The number of aliphatic hydroxyl groups excluding tert-OH is 4. The van der Waals surface area contributed by atoms with E-state index in [0.29, 0.717) is 44.9 Å². The van der Waals surface area contributed by atoms with Gasteiger partial charge >= 0.3 is 11.9 Å². The van der Waals surface area contributed by atoms with Gasteiger partial charge in [-0.25, -0.2) is 0 Å². The Hall–Kier alpha value is -1.60. The van der Waals surface area contributed by atoms with Crippen LogP contribution in [0.15, 0.2) is 11.6 Å². The lowest BCUT2D eigenvalue weighted by Crippen LogP contribution is -2.69. The molecule has 0 aromatic carbocycles. The molecular weight excluding hydrogens is 620 g/mol. The number of carbonyl (C=O) groups excluding carboxylic acids is 1. The number of carboxylic acids is 1. The van der Waals surface area contributed by atoms with E-state index in [9.17, 15) is 40.2 Å². The number of esters is 1. The Morgan fingerprint density at radius 3 is 2.23 bits per heavy atom. The molecule has 5 aliphatic carbocycles. The van der Waals surface area contributed by atoms with E-state index in [1.54, 1.807) is 6.92 Å². The molecule has 11 heteroatoms. The Balaban J connectivity index is 1.39. The number of carboxylic acid groups (broad SMARTS) is 1. The van der Waals surface area contributed by atoms with Crippen molar-refractivity contribution in [3.63, 3.8) is 0 Å². The van der Waals surface area contributed by atoms with E-state index in [-0.39, 0.29) is 35.2 Å². The fraction of sp³-hybridized carbons (Fsp3) is 0.892. The highest BCUT2D eigenvalue weighted by molar-refractivity contribution is 5.79. The summed E-state index contributed by atoms with van der Waals surface area (Å²) in [5, 5.41) is 65.7. The van der Waals surface area contributed by atoms with E-state index in [1.165, 1.54) is 7.11 Å². The third-order valence-corrected chi connectivity index (χ3v) is 15.8. The average Bonchev–Trinajstić information content (AvgIpc) is 3.02. The SMILES string of the molecule is COCC1OC(OC(=O)C23CCC(C)C(C)(O)C2C2=CCC4C5(C)CCC(O)C(C)(C(=O)O)C5CCC4(C)C2(C)CC3)C(O)C(O)C1O. The van der Waals surface area contributed by atoms with Crippen molar-refractivity contribution < 1.29 is 54.4 Å². The largest absolute Gasteiger partial charge is 0.481 e. The van der Waals surface area contributed by atoms with Gasteiger partial charge in [-0.05, 0) is 106 Å². The van der Waals surface area contributed by atoms with Crippen LogP contribution < -0.4 is 0 Å². The summed E-state index contributed by atoms with van der Waals surface area (Å²) in [6, 6.07) is 0. The summed E-state index contributed by atoms with van der Waals surface area (Å²) < 4.78 is 16.9. The molecule has 272 valence electrons. The summed E-state index contributed by atoms with van der Waals surface area (Å²) in [6.45, 7) is 12.3. The topological polar surface area (TPSA) is 183 Å². The maximum atomic E-state index is 14.6. The zero-order valence-corrected chi connectivity index (χ0v) is 29.6. The van der Waals surface area contributed by atoms with Crippen molar-refractivity contribution in [1.29, 1.82) is 0 Å². The molecule has 11 nitrogen and oxygen atoms in total. The second kappa shape index (κ2) is 11.7. The molecule has 0 amide bonds. The van der Waals surface area contributed by atoms with Gasteiger partial charge in [0, 0.05) is 13.0 Å². The summed E-state index contributed by atoms with van der Waals surface area (Å²) in [6.07, 6.45) is -0.422. The maximum absolute atomic E-state index is 14.6. The summed E-state index contributed by atoms with van der Waals surface area (Å²) >= 11 is 0. The number of methoxy groups -OCH3 is 1. The number of carbonyl (C=O) groups is 2. The van der Waals surface area contributed by atoms with Crippen LogP contribution in [0, 0.1) is 50.7 Å². The Labute approximate surface area is 284 Å². The lowest BCUT2D eigenvalue weighted by Gasteiger charge is -2.71. The normalized spacial score (nSPS) is 54.9. The minimum atomic E-state index is -1.67. The fourth-order valence-electron chi connectivity index (χ4n) is 12.3. The van der Waals surface area contributed by atoms with Crippen LogP contribution in [0.25, 0.3) is 0 Å². The third-order valence-electron chi connectivity index (χ3n) is 15.8. The molecule has 6 rings (SSSR count). The molecule has 0 bridgehead atoms. The molecular formula is C37H58O11. The molecule has 5 fully saturated rings. The van der Waals surface area contributed by atoms with E-state index in [0.717, 1.165) is 18.4 Å². The maximum Gasteiger partial charge on any atom is 0.315 e. The predicted molar refractivity (Wildman–Crippen MR) is 173 cm³/mol. The summed E-state index contributed by atoms with van der Waals surface area (Å²) in [5.74, 6) is -2.26. The highest BCUT2D eigenvalue weighted by Gasteiger charge is 2.72. The Morgan fingerprint density at radius 1 is 0.896 bits per heavy atom. The highest BCUT2D eigenvalue weighted by atomic mass is 16.7. The van der Waals surface area contributed by atoms with Gasteiger partial charge in [0.05, 0.1) is 29.1 Å². The number of aliphatic carboxylic acids is 1. The molecule has 16 atom stereocenters. The van der Waals surface area contributed by atoms with Gasteiger partial charge in [0.15, 0.2) is 0 Å². The predicted octanol–water partition coefficient (Wildman–Crippen LogP) is 3.18. The Bertz CT molecular complexity index is 1330. The monoisotopic (exact) mass is 678 g/mol.